The lowest BCUT2D eigenvalue weighted by molar-refractivity contribution is 0.0342. The van der Waals surface area contributed by atoms with Crippen molar-refractivity contribution in [3.8, 4) is 5.75 Å². The summed E-state index contributed by atoms with van der Waals surface area (Å²) < 4.78 is 10.9. The minimum Gasteiger partial charge on any atom is -0.496 e. The molecule has 0 atom stereocenters. The molecule has 6 nitrogen and oxygen atoms in total. The Morgan fingerprint density at radius 2 is 1.77 bits per heavy atom. The lowest BCUT2D eigenvalue weighted by Gasteiger charge is -2.26. The molecule has 3 rings (SSSR count). The Hall–Kier alpha value is -1.84. The van der Waals surface area contributed by atoms with Gasteiger partial charge in [-0.15, -0.1) is 24.0 Å². The molecule has 1 saturated heterocycles. The number of rotatable bonds is 8. The summed E-state index contributed by atoms with van der Waals surface area (Å²) in [6.07, 6.45) is 0.877. The minimum atomic E-state index is 0. The summed E-state index contributed by atoms with van der Waals surface area (Å²) in [7, 11) is 3.52. The van der Waals surface area contributed by atoms with Gasteiger partial charge in [-0.1, -0.05) is 42.0 Å². The van der Waals surface area contributed by atoms with Gasteiger partial charge in [-0.05, 0) is 36.1 Å². The number of ether oxygens (including phenoxy) is 2. The number of guanidine groups is 1. The highest BCUT2D eigenvalue weighted by molar-refractivity contribution is 14.0. The second-order valence-electron chi connectivity index (χ2n) is 7.62. The zero-order valence-electron chi connectivity index (χ0n) is 18.8. The SMILES string of the molecule is CN=C(NCCc1cc(C)ccc1OC)NCc1ccc(CN2CCOCC2)cc1.I. The Labute approximate surface area is 203 Å². The van der Waals surface area contributed by atoms with Crippen molar-refractivity contribution in [1.29, 1.82) is 0 Å². The van der Waals surface area contributed by atoms with Crippen molar-refractivity contribution in [2.24, 2.45) is 4.99 Å². The third-order valence-corrected chi connectivity index (χ3v) is 5.34. The van der Waals surface area contributed by atoms with Crippen LogP contribution in [0.1, 0.15) is 22.3 Å². The maximum Gasteiger partial charge on any atom is 0.191 e. The van der Waals surface area contributed by atoms with Crippen molar-refractivity contribution in [1.82, 2.24) is 15.5 Å². The van der Waals surface area contributed by atoms with E-state index in [1.807, 2.05) is 6.07 Å². The highest BCUT2D eigenvalue weighted by atomic mass is 127. The number of hydrogen-bond acceptors (Lipinski definition) is 4. The van der Waals surface area contributed by atoms with Gasteiger partial charge in [0.2, 0.25) is 0 Å². The first-order chi connectivity index (χ1) is 14.7. The second kappa shape index (κ2) is 13.5. The fraction of sp³-hybridized carbons (Fsp3) is 0.458. The van der Waals surface area contributed by atoms with Crippen LogP contribution in [0.25, 0.3) is 0 Å². The number of methoxy groups -OCH3 is 1. The quantitative estimate of drug-likeness (QED) is 0.307. The van der Waals surface area contributed by atoms with E-state index >= 15 is 0 Å². The largest absolute Gasteiger partial charge is 0.496 e. The van der Waals surface area contributed by atoms with Crippen LogP contribution < -0.4 is 15.4 Å². The molecule has 2 aromatic carbocycles. The third kappa shape index (κ3) is 8.31. The summed E-state index contributed by atoms with van der Waals surface area (Å²) >= 11 is 0. The zero-order chi connectivity index (χ0) is 21.2. The molecule has 0 bridgehead atoms. The number of nitrogens with zero attached hydrogens (tertiary/aromatic N) is 2. The molecule has 0 radical (unpaired) electrons. The first-order valence-electron chi connectivity index (χ1n) is 10.6. The molecule has 0 spiro atoms. The van der Waals surface area contributed by atoms with Crippen molar-refractivity contribution >= 4 is 29.9 Å². The molecule has 1 aliphatic heterocycles. The van der Waals surface area contributed by atoms with Crippen molar-refractivity contribution in [2.45, 2.75) is 26.4 Å². The molecule has 0 saturated carbocycles. The van der Waals surface area contributed by atoms with Crippen LogP contribution in [0.2, 0.25) is 0 Å². The van der Waals surface area contributed by atoms with Crippen molar-refractivity contribution < 1.29 is 9.47 Å². The van der Waals surface area contributed by atoms with Gasteiger partial charge in [-0.3, -0.25) is 9.89 Å². The number of morpholine rings is 1. The Morgan fingerprint density at radius 3 is 2.45 bits per heavy atom. The van der Waals surface area contributed by atoms with Crippen LogP contribution in [0.15, 0.2) is 47.5 Å². The topological polar surface area (TPSA) is 58.1 Å². The van der Waals surface area contributed by atoms with E-state index in [9.17, 15) is 0 Å². The molecule has 31 heavy (non-hydrogen) atoms. The molecule has 1 fully saturated rings. The molecule has 0 amide bonds. The highest BCUT2D eigenvalue weighted by Crippen LogP contribution is 2.19. The van der Waals surface area contributed by atoms with E-state index < -0.39 is 0 Å². The highest BCUT2D eigenvalue weighted by Gasteiger charge is 2.10. The van der Waals surface area contributed by atoms with Crippen LogP contribution in [0.4, 0.5) is 0 Å². The first kappa shape index (κ1) is 25.4. The Morgan fingerprint density at radius 1 is 1.06 bits per heavy atom. The van der Waals surface area contributed by atoms with Crippen molar-refractivity contribution in [2.75, 3.05) is 47.0 Å². The molecule has 0 unspecified atom stereocenters. The number of nitrogens with one attached hydrogen (secondary N) is 2. The molecule has 1 heterocycles. The van der Waals surface area contributed by atoms with Gasteiger partial charge in [0, 0.05) is 39.8 Å². The second-order valence-corrected chi connectivity index (χ2v) is 7.62. The molecule has 170 valence electrons. The summed E-state index contributed by atoms with van der Waals surface area (Å²) in [5, 5.41) is 6.78. The predicted octanol–water partition coefficient (Wildman–Crippen LogP) is 3.36. The fourth-order valence-corrected chi connectivity index (χ4v) is 3.60. The van der Waals surface area contributed by atoms with Gasteiger partial charge in [0.25, 0.3) is 0 Å². The molecule has 0 aromatic heterocycles. The van der Waals surface area contributed by atoms with Crippen LogP contribution in [0.3, 0.4) is 0 Å². The normalized spacial score (nSPS) is 14.6. The third-order valence-electron chi connectivity index (χ3n) is 5.34. The lowest BCUT2D eigenvalue weighted by atomic mass is 10.1. The van der Waals surface area contributed by atoms with Crippen LogP contribution in [-0.2, 0) is 24.2 Å². The summed E-state index contributed by atoms with van der Waals surface area (Å²) in [4.78, 5) is 6.77. The average Bonchev–Trinajstić information content (AvgIpc) is 2.78. The van der Waals surface area contributed by atoms with Gasteiger partial charge in [0.15, 0.2) is 5.96 Å². The van der Waals surface area contributed by atoms with Crippen LogP contribution in [-0.4, -0.2) is 57.9 Å². The van der Waals surface area contributed by atoms with E-state index in [-0.39, 0.29) is 24.0 Å². The van der Waals surface area contributed by atoms with Gasteiger partial charge >= 0.3 is 0 Å². The Bertz CT molecular complexity index is 821. The van der Waals surface area contributed by atoms with E-state index in [0.717, 1.165) is 64.1 Å². The van der Waals surface area contributed by atoms with Crippen LogP contribution >= 0.6 is 24.0 Å². The van der Waals surface area contributed by atoms with Gasteiger partial charge in [0.1, 0.15) is 5.75 Å². The molecular weight excluding hydrogens is 503 g/mol. The number of aliphatic imine (C=N–C) groups is 1. The Kier molecular flexibility index (Phi) is 11.1. The van der Waals surface area contributed by atoms with Crippen molar-refractivity contribution in [3.63, 3.8) is 0 Å². The maximum absolute atomic E-state index is 5.46. The Balaban J connectivity index is 0.00000341. The summed E-state index contributed by atoms with van der Waals surface area (Å²) in [6.45, 7) is 8.32. The number of hydrogen-bond donors (Lipinski definition) is 2. The molecule has 2 aromatic rings. The molecule has 7 heteroatoms. The smallest absolute Gasteiger partial charge is 0.191 e. The van der Waals surface area contributed by atoms with E-state index in [0.29, 0.717) is 0 Å². The van der Waals surface area contributed by atoms with Crippen molar-refractivity contribution in [3.05, 3.63) is 64.7 Å². The summed E-state index contributed by atoms with van der Waals surface area (Å²) in [5.74, 6) is 1.74. The predicted molar refractivity (Wildman–Crippen MR) is 138 cm³/mol. The summed E-state index contributed by atoms with van der Waals surface area (Å²) in [6, 6.07) is 15.1. The van der Waals surface area contributed by atoms with Crippen LogP contribution in [0, 0.1) is 6.92 Å². The van der Waals surface area contributed by atoms with Gasteiger partial charge in [-0.2, -0.15) is 0 Å². The molecule has 0 aliphatic carbocycles. The lowest BCUT2D eigenvalue weighted by Crippen LogP contribution is -2.37. The fourth-order valence-electron chi connectivity index (χ4n) is 3.60. The average molecular weight is 538 g/mol. The maximum atomic E-state index is 5.46. The number of benzene rings is 2. The zero-order valence-corrected chi connectivity index (χ0v) is 21.1. The number of halogens is 1. The van der Waals surface area contributed by atoms with E-state index in [2.05, 4.69) is 63.8 Å². The summed E-state index contributed by atoms with van der Waals surface area (Å²) in [5.41, 5.74) is 5.03. The van der Waals surface area contributed by atoms with E-state index in [4.69, 9.17) is 9.47 Å². The monoisotopic (exact) mass is 538 g/mol. The van der Waals surface area contributed by atoms with E-state index in [1.54, 1.807) is 14.2 Å². The molecular formula is C24H35IN4O2. The standard InChI is InChI=1S/C24H34N4O2.HI/c1-19-4-9-23(29-3)22(16-19)10-11-26-24(25-2)27-17-20-5-7-21(8-6-20)18-28-12-14-30-15-13-28;/h4-9,16H,10-15,17-18H2,1-3H3,(H2,25,26,27);1H. The molecule has 2 N–H and O–H groups in total. The number of aryl methyl sites for hydroxylation is 1. The first-order valence-corrected chi connectivity index (χ1v) is 10.6. The van der Waals surface area contributed by atoms with Crippen LogP contribution in [0.5, 0.6) is 5.75 Å². The van der Waals surface area contributed by atoms with Gasteiger partial charge < -0.3 is 20.1 Å². The van der Waals surface area contributed by atoms with Gasteiger partial charge in [0.05, 0.1) is 20.3 Å². The molecule has 1 aliphatic rings. The van der Waals surface area contributed by atoms with E-state index in [1.165, 1.54) is 22.3 Å². The van der Waals surface area contributed by atoms with Gasteiger partial charge in [-0.25, -0.2) is 0 Å². The minimum absolute atomic E-state index is 0.